The van der Waals surface area contributed by atoms with Crippen LogP contribution in [-0.4, -0.2) is 46.1 Å². The third kappa shape index (κ3) is 3.74. The highest BCUT2D eigenvalue weighted by Crippen LogP contribution is 2.48. The fourth-order valence-electron chi connectivity index (χ4n) is 3.11. The smallest absolute Gasteiger partial charge is 0.208 e. The Balaban J connectivity index is 1.83. The first-order valence-electron chi connectivity index (χ1n) is 8.84. The summed E-state index contributed by atoms with van der Waals surface area (Å²) in [5.74, 6) is 1.46. The summed E-state index contributed by atoms with van der Waals surface area (Å²) >= 11 is 0. The van der Waals surface area contributed by atoms with Gasteiger partial charge in [-0.1, -0.05) is 12.1 Å². The zero-order valence-corrected chi connectivity index (χ0v) is 16.1. The summed E-state index contributed by atoms with van der Waals surface area (Å²) in [6.07, 6.45) is 0.0508. The molecule has 0 saturated heterocycles. The number of carbonyl (C=O) groups excluding carboxylic acids is 2. The molecule has 2 aromatic carbocycles. The molecule has 0 radical (unpaired) electrons. The normalized spacial score (nSPS) is 12.2. The van der Waals surface area contributed by atoms with Gasteiger partial charge in [-0.25, -0.2) is 0 Å². The quantitative estimate of drug-likeness (QED) is 0.644. The molecule has 1 aliphatic heterocycles. The number of carbonyl (C=O) groups is 2. The molecule has 148 valence electrons. The van der Waals surface area contributed by atoms with Gasteiger partial charge >= 0.3 is 0 Å². The van der Waals surface area contributed by atoms with Crippen LogP contribution in [0.5, 0.6) is 28.7 Å². The van der Waals surface area contributed by atoms with Gasteiger partial charge in [0.1, 0.15) is 19.0 Å². The number of hydrogen-bond donors (Lipinski definition) is 0. The van der Waals surface area contributed by atoms with Crippen molar-refractivity contribution >= 4 is 11.6 Å². The zero-order valence-electron chi connectivity index (χ0n) is 16.1. The van der Waals surface area contributed by atoms with E-state index in [9.17, 15) is 9.59 Å². The van der Waals surface area contributed by atoms with E-state index in [1.54, 1.807) is 30.3 Å². The van der Waals surface area contributed by atoms with Crippen molar-refractivity contribution in [2.24, 2.45) is 0 Å². The molecule has 0 fully saturated rings. The van der Waals surface area contributed by atoms with Crippen LogP contribution in [0.1, 0.15) is 33.6 Å². The average molecular weight is 386 g/mol. The molecule has 0 saturated carbocycles. The van der Waals surface area contributed by atoms with Crippen molar-refractivity contribution in [3.05, 3.63) is 41.5 Å². The molecule has 1 heterocycles. The second-order valence-corrected chi connectivity index (χ2v) is 6.06. The Hall–Kier alpha value is -3.22. The van der Waals surface area contributed by atoms with Crippen molar-refractivity contribution in [3.8, 4) is 28.7 Å². The van der Waals surface area contributed by atoms with Crippen LogP contribution in [0.4, 0.5) is 0 Å². The molecule has 7 heteroatoms. The number of ether oxygens (including phenoxy) is 5. The first kappa shape index (κ1) is 19.5. The van der Waals surface area contributed by atoms with Crippen molar-refractivity contribution in [2.75, 3.05) is 34.5 Å². The van der Waals surface area contributed by atoms with E-state index in [1.165, 1.54) is 21.3 Å². The number of para-hydroxylation sites is 1. The van der Waals surface area contributed by atoms with Crippen molar-refractivity contribution < 1.29 is 33.3 Å². The number of Topliss-reactive ketones (excluding diaryl/α,β-unsaturated/α-hetero) is 2. The van der Waals surface area contributed by atoms with Crippen LogP contribution in [0, 0.1) is 0 Å². The summed E-state index contributed by atoms with van der Waals surface area (Å²) in [4.78, 5) is 25.4. The van der Waals surface area contributed by atoms with Crippen LogP contribution in [0.3, 0.4) is 0 Å². The van der Waals surface area contributed by atoms with Crippen molar-refractivity contribution in [1.29, 1.82) is 0 Å². The fraction of sp³-hybridized carbons (Fsp3) is 0.333. The lowest BCUT2D eigenvalue weighted by Crippen LogP contribution is -2.17. The van der Waals surface area contributed by atoms with E-state index in [-0.39, 0.29) is 35.7 Å². The van der Waals surface area contributed by atoms with Crippen LogP contribution in [0.15, 0.2) is 30.3 Å². The topological polar surface area (TPSA) is 80.3 Å². The number of rotatable bonds is 8. The summed E-state index contributed by atoms with van der Waals surface area (Å²) < 4.78 is 27.2. The van der Waals surface area contributed by atoms with Gasteiger partial charge in [-0.15, -0.1) is 0 Å². The number of methoxy groups -OCH3 is 3. The molecule has 0 aliphatic carbocycles. The van der Waals surface area contributed by atoms with Gasteiger partial charge < -0.3 is 23.7 Å². The second-order valence-electron chi connectivity index (χ2n) is 6.06. The summed E-state index contributed by atoms with van der Waals surface area (Å²) in [5.41, 5.74) is 0.737. The Kier molecular flexibility index (Phi) is 6.03. The van der Waals surface area contributed by atoms with Crippen LogP contribution < -0.4 is 23.7 Å². The fourth-order valence-corrected chi connectivity index (χ4v) is 3.11. The van der Waals surface area contributed by atoms with Gasteiger partial charge in [0, 0.05) is 12.8 Å². The highest BCUT2D eigenvalue weighted by molar-refractivity contribution is 6.05. The van der Waals surface area contributed by atoms with Gasteiger partial charge in [-0.05, 0) is 18.2 Å². The van der Waals surface area contributed by atoms with Gasteiger partial charge in [-0.2, -0.15) is 0 Å². The highest BCUT2D eigenvalue weighted by atomic mass is 16.6. The molecule has 0 N–H and O–H groups in total. The molecular formula is C21H22O7. The Morgan fingerprint density at radius 1 is 0.857 bits per heavy atom. The largest absolute Gasteiger partial charge is 0.496 e. The first-order chi connectivity index (χ1) is 13.6. The average Bonchev–Trinajstić information content (AvgIpc) is 2.75. The molecule has 2 aromatic rings. The number of ketones is 2. The predicted molar refractivity (Wildman–Crippen MR) is 101 cm³/mol. The molecule has 0 aromatic heterocycles. The van der Waals surface area contributed by atoms with Crippen LogP contribution >= 0.6 is 0 Å². The van der Waals surface area contributed by atoms with Crippen molar-refractivity contribution in [3.63, 3.8) is 0 Å². The van der Waals surface area contributed by atoms with E-state index in [0.717, 1.165) is 0 Å². The van der Waals surface area contributed by atoms with Gasteiger partial charge in [0.15, 0.2) is 23.1 Å². The predicted octanol–water partition coefficient (Wildman–Crippen LogP) is 3.33. The van der Waals surface area contributed by atoms with Gasteiger partial charge in [0.05, 0.1) is 32.5 Å². The lowest BCUT2D eigenvalue weighted by atomic mass is 9.99. The molecule has 0 spiro atoms. The van der Waals surface area contributed by atoms with E-state index in [0.29, 0.717) is 41.8 Å². The molecule has 0 bridgehead atoms. The molecule has 1 aliphatic rings. The zero-order chi connectivity index (χ0) is 20.1. The Morgan fingerprint density at radius 2 is 1.50 bits per heavy atom. The third-order valence-corrected chi connectivity index (χ3v) is 4.44. The van der Waals surface area contributed by atoms with Crippen LogP contribution in [-0.2, 0) is 0 Å². The molecule has 0 unspecified atom stereocenters. The molecule has 3 rings (SSSR count). The standard InChI is InChI=1S/C21H22O7/c1-24-17-7-5-4-6-13(17)15(22)8-9-16(23)14-12-18-20(28-11-10-27-18)21(26-3)19(14)25-2/h4-7,12H,8-11H2,1-3H3. The second kappa shape index (κ2) is 8.65. The minimum absolute atomic E-state index is 0.00996. The molecule has 0 amide bonds. The first-order valence-corrected chi connectivity index (χ1v) is 8.84. The van der Waals surface area contributed by atoms with E-state index in [2.05, 4.69) is 0 Å². The van der Waals surface area contributed by atoms with Gasteiger partial charge in [0.2, 0.25) is 11.5 Å². The maximum atomic E-state index is 12.9. The highest BCUT2D eigenvalue weighted by Gasteiger charge is 2.28. The Labute approximate surface area is 163 Å². The summed E-state index contributed by atoms with van der Waals surface area (Å²) in [6.45, 7) is 0.760. The number of hydrogen-bond acceptors (Lipinski definition) is 7. The lowest BCUT2D eigenvalue weighted by Gasteiger charge is -2.23. The monoisotopic (exact) mass is 386 g/mol. The maximum Gasteiger partial charge on any atom is 0.208 e. The van der Waals surface area contributed by atoms with Crippen molar-refractivity contribution in [2.45, 2.75) is 12.8 Å². The minimum Gasteiger partial charge on any atom is -0.496 e. The lowest BCUT2D eigenvalue weighted by molar-refractivity contribution is 0.0913. The maximum absolute atomic E-state index is 12.9. The number of fused-ring (bicyclic) bond motifs is 1. The Bertz CT molecular complexity index is 889. The van der Waals surface area contributed by atoms with E-state index in [4.69, 9.17) is 23.7 Å². The van der Waals surface area contributed by atoms with Gasteiger partial charge in [-0.3, -0.25) is 9.59 Å². The molecule has 0 atom stereocenters. The summed E-state index contributed by atoms with van der Waals surface area (Å²) in [5, 5.41) is 0. The minimum atomic E-state index is -0.254. The SMILES string of the molecule is COc1ccccc1C(=O)CCC(=O)c1cc2c(c(OC)c1OC)OCCO2. The van der Waals surface area contributed by atoms with Crippen LogP contribution in [0.2, 0.25) is 0 Å². The Morgan fingerprint density at radius 3 is 2.18 bits per heavy atom. The molecule has 7 nitrogen and oxygen atoms in total. The van der Waals surface area contributed by atoms with Crippen molar-refractivity contribution in [1.82, 2.24) is 0 Å². The number of benzene rings is 2. The van der Waals surface area contributed by atoms with Gasteiger partial charge in [0.25, 0.3) is 0 Å². The molecular weight excluding hydrogens is 364 g/mol. The summed E-state index contributed by atoms with van der Waals surface area (Å²) in [7, 11) is 4.42. The van der Waals surface area contributed by atoms with Crippen LogP contribution in [0.25, 0.3) is 0 Å². The van der Waals surface area contributed by atoms with E-state index in [1.807, 2.05) is 0 Å². The summed E-state index contributed by atoms with van der Waals surface area (Å²) in [6, 6.07) is 8.51. The van der Waals surface area contributed by atoms with E-state index < -0.39 is 0 Å². The van der Waals surface area contributed by atoms with E-state index >= 15 is 0 Å². The third-order valence-electron chi connectivity index (χ3n) is 4.44. The molecule has 28 heavy (non-hydrogen) atoms.